The predicted molar refractivity (Wildman–Crippen MR) is 133 cm³/mol. The molecule has 0 bridgehead atoms. The molecule has 2 N–H and O–H groups in total. The van der Waals surface area contributed by atoms with Crippen LogP contribution in [-0.2, 0) is 14.6 Å². The van der Waals surface area contributed by atoms with Crippen molar-refractivity contribution in [1.82, 2.24) is 4.90 Å². The first-order valence-electron chi connectivity index (χ1n) is 11.3. The highest BCUT2D eigenvalue weighted by atomic mass is 32.3. The highest BCUT2D eigenvalue weighted by Gasteiger charge is 2.51. The van der Waals surface area contributed by atoms with Crippen molar-refractivity contribution in [2.45, 2.75) is 53.6 Å². The van der Waals surface area contributed by atoms with Gasteiger partial charge in [0.15, 0.2) is 9.84 Å². The van der Waals surface area contributed by atoms with E-state index < -0.39 is 36.5 Å². The van der Waals surface area contributed by atoms with E-state index in [0.717, 1.165) is 0 Å². The van der Waals surface area contributed by atoms with E-state index in [2.05, 4.69) is 0 Å². The van der Waals surface area contributed by atoms with E-state index in [4.69, 9.17) is 4.74 Å². The number of fused-ring (bicyclic) bond motifs is 1. The van der Waals surface area contributed by atoms with Gasteiger partial charge in [-0.15, -0.1) is 0 Å². The van der Waals surface area contributed by atoms with Crippen LogP contribution in [0.2, 0.25) is 0 Å². The first-order chi connectivity index (χ1) is 15.8. The van der Waals surface area contributed by atoms with E-state index in [-0.39, 0.29) is 15.9 Å². The fourth-order valence-corrected chi connectivity index (χ4v) is 9.17. The lowest BCUT2D eigenvalue weighted by Gasteiger charge is -2.38. The standard InChI is InChI=1S/C24H32N2O6S2/c1-17-22(34(30,31)18-9-6-5-7-10-18)21-19(11-8-12-20(21)33(17,28)29)25-13-15-26(16-14-25)23(27)32-24(2,3)4/h5-12,17,22,28-29H,13-16H2,1-4H3. The number of hydrogen-bond donors (Lipinski definition) is 2. The fraction of sp³-hybridized carbons (Fsp3) is 0.458. The second kappa shape index (κ2) is 8.75. The minimum atomic E-state index is -3.89. The van der Waals surface area contributed by atoms with Crippen LogP contribution in [0.3, 0.4) is 0 Å². The number of sulfone groups is 1. The largest absolute Gasteiger partial charge is 0.444 e. The molecule has 2 heterocycles. The lowest BCUT2D eigenvalue weighted by molar-refractivity contribution is 0.0240. The summed E-state index contributed by atoms with van der Waals surface area (Å²) < 4.78 is 54.9. The van der Waals surface area contributed by atoms with Gasteiger partial charge in [-0.1, -0.05) is 24.3 Å². The summed E-state index contributed by atoms with van der Waals surface area (Å²) in [6.45, 7) is 8.83. The van der Waals surface area contributed by atoms with Gasteiger partial charge in [-0.05, 0) is 52.0 Å². The van der Waals surface area contributed by atoms with Crippen LogP contribution in [0.25, 0.3) is 0 Å². The summed E-state index contributed by atoms with van der Waals surface area (Å²) in [5.74, 6) is 0. The zero-order valence-electron chi connectivity index (χ0n) is 19.8. The van der Waals surface area contributed by atoms with Crippen LogP contribution in [0, 0.1) is 0 Å². The Morgan fingerprint density at radius 1 is 1.00 bits per heavy atom. The Bertz CT molecular complexity index is 1170. The zero-order chi connectivity index (χ0) is 24.9. The molecule has 34 heavy (non-hydrogen) atoms. The molecule has 2 aliphatic rings. The molecule has 2 aromatic carbocycles. The number of anilines is 1. The van der Waals surface area contributed by atoms with Crippen molar-refractivity contribution in [2.75, 3.05) is 31.1 Å². The predicted octanol–water partition coefficient (Wildman–Crippen LogP) is 4.77. The molecule has 2 atom stereocenters. The number of nitrogens with zero attached hydrogens (tertiary/aromatic N) is 2. The van der Waals surface area contributed by atoms with Gasteiger partial charge < -0.3 is 14.5 Å². The molecule has 186 valence electrons. The second-order valence-corrected chi connectivity index (χ2v) is 14.2. The molecule has 2 unspecified atom stereocenters. The van der Waals surface area contributed by atoms with Gasteiger partial charge in [-0.3, -0.25) is 9.11 Å². The van der Waals surface area contributed by atoms with E-state index in [9.17, 15) is 22.3 Å². The van der Waals surface area contributed by atoms with Crippen molar-refractivity contribution in [3.8, 4) is 0 Å². The molecule has 4 rings (SSSR count). The molecule has 0 radical (unpaired) electrons. The summed E-state index contributed by atoms with van der Waals surface area (Å²) in [6.07, 6.45) is -0.377. The van der Waals surface area contributed by atoms with Gasteiger partial charge in [0, 0.05) is 37.4 Å². The summed E-state index contributed by atoms with van der Waals surface area (Å²) in [4.78, 5) is 16.5. The van der Waals surface area contributed by atoms with E-state index in [0.29, 0.717) is 37.4 Å². The SMILES string of the molecule is CC1C(S(=O)(=O)c2ccccc2)c2c(N3CCN(C(=O)OC(C)(C)C)CC3)cccc2S1(O)O. The quantitative estimate of drug-likeness (QED) is 0.615. The topological polar surface area (TPSA) is 107 Å². The molecule has 0 saturated carbocycles. The minimum absolute atomic E-state index is 0.152. The van der Waals surface area contributed by atoms with E-state index in [1.807, 2.05) is 31.7 Å². The van der Waals surface area contributed by atoms with Crippen molar-refractivity contribution in [1.29, 1.82) is 0 Å². The van der Waals surface area contributed by atoms with Crippen LogP contribution in [0.5, 0.6) is 0 Å². The summed E-state index contributed by atoms with van der Waals surface area (Å²) in [5.41, 5.74) is 0.526. The number of rotatable bonds is 3. The first-order valence-corrected chi connectivity index (χ1v) is 14.4. The normalized spacial score (nSPS) is 23.4. The number of amides is 1. The molecular formula is C24H32N2O6S2. The van der Waals surface area contributed by atoms with Crippen molar-refractivity contribution in [3.05, 3.63) is 54.1 Å². The Kier molecular flexibility index (Phi) is 6.39. The lowest BCUT2D eigenvalue weighted by atomic mass is 10.1. The third kappa shape index (κ3) is 4.39. The van der Waals surface area contributed by atoms with Crippen molar-refractivity contribution < 1.29 is 27.1 Å². The number of carbonyl (C=O) groups is 1. The van der Waals surface area contributed by atoms with Crippen LogP contribution in [-0.4, -0.2) is 65.5 Å². The summed E-state index contributed by atoms with van der Waals surface area (Å²) in [7, 11) is -7.21. The molecule has 0 aliphatic carbocycles. The molecule has 0 spiro atoms. The highest BCUT2D eigenvalue weighted by molar-refractivity contribution is 8.25. The summed E-state index contributed by atoms with van der Waals surface area (Å²) >= 11 is 0. The maximum atomic E-state index is 13.7. The fourth-order valence-electron chi connectivity index (χ4n) is 4.58. The number of ether oxygens (including phenoxy) is 1. The van der Waals surface area contributed by atoms with Crippen LogP contribution in [0.1, 0.15) is 38.5 Å². The van der Waals surface area contributed by atoms with Gasteiger partial charge >= 0.3 is 6.09 Å². The zero-order valence-corrected chi connectivity index (χ0v) is 21.5. The Balaban J connectivity index is 1.68. The third-order valence-corrected chi connectivity index (χ3v) is 11.0. The van der Waals surface area contributed by atoms with Crippen molar-refractivity contribution in [2.24, 2.45) is 0 Å². The molecule has 1 saturated heterocycles. The monoisotopic (exact) mass is 508 g/mol. The van der Waals surface area contributed by atoms with Crippen molar-refractivity contribution in [3.63, 3.8) is 0 Å². The maximum Gasteiger partial charge on any atom is 0.410 e. The van der Waals surface area contributed by atoms with E-state index >= 15 is 0 Å². The molecule has 1 amide bonds. The van der Waals surface area contributed by atoms with Gasteiger partial charge in [0.2, 0.25) is 0 Å². The second-order valence-electron chi connectivity index (χ2n) is 9.72. The molecule has 10 heteroatoms. The lowest BCUT2D eigenvalue weighted by Crippen LogP contribution is -2.50. The number of hydrogen-bond acceptors (Lipinski definition) is 7. The Morgan fingerprint density at radius 2 is 1.62 bits per heavy atom. The van der Waals surface area contributed by atoms with Crippen LogP contribution in [0.4, 0.5) is 10.5 Å². The molecule has 2 aliphatic heterocycles. The third-order valence-electron chi connectivity index (χ3n) is 6.27. The molecule has 2 aromatic rings. The number of benzene rings is 2. The number of piperazine rings is 1. The van der Waals surface area contributed by atoms with Gasteiger partial charge in [-0.2, -0.15) is 10.6 Å². The highest BCUT2D eigenvalue weighted by Crippen LogP contribution is 2.67. The summed E-state index contributed by atoms with van der Waals surface area (Å²) in [6, 6.07) is 13.3. The molecule has 1 fully saturated rings. The Morgan fingerprint density at radius 3 is 2.21 bits per heavy atom. The van der Waals surface area contributed by atoms with Gasteiger partial charge in [0.25, 0.3) is 0 Å². The molecule has 0 aromatic heterocycles. The van der Waals surface area contributed by atoms with E-state index in [1.54, 1.807) is 42.2 Å². The van der Waals surface area contributed by atoms with Crippen LogP contribution in [0.15, 0.2) is 58.3 Å². The minimum Gasteiger partial charge on any atom is -0.444 e. The maximum absolute atomic E-state index is 13.7. The Labute approximate surface area is 202 Å². The van der Waals surface area contributed by atoms with Crippen LogP contribution >= 0.6 is 10.6 Å². The van der Waals surface area contributed by atoms with Crippen LogP contribution < -0.4 is 4.90 Å². The van der Waals surface area contributed by atoms with E-state index in [1.165, 1.54) is 12.1 Å². The Hall–Kier alpha value is -2.27. The van der Waals surface area contributed by atoms with Gasteiger partial charge in [0.05, 0.1) is 15.0 Å². The van der Waals surface area contributed by atoms with Gasteiger partial charge in [0.1, 0.15) is 10.9 Å². The average molecular weight is 509 g/mol. The molecule has 8 nitrogen and oxygen atoms in total. The molecular weight excluding hydrogens is 476 g/mol. The van der Waals surface area contributed by atoms with Gasteiger partial charge in [-0.25, -0.2) is 13.2 Å². The summed E-state index contributed by atoms with van der Waals surface area (Å²) in [5, 5.41) is -1.98. The smallest absolute Gasteiger partial charge is 0.410 e. The first kappa shape index (κ1) is 24.8. The number of carbonyl (C=O) groups excluding carboxylic acids is 1. The average Bonchev–Trinajstić information content (AvgIpc) is 2.99. The van der Waals surface area contributed by atoms with Crippen molar-refractivity contribution >= 4 is 32.2 Å².